The lowest BCUT2D eigenvalue weighted by atomic mass is 10.2. The first-order valence-electron chi connectivity index (χ1n) is 6.80. The highest BCUT2D eigenvalue weighted by molar-refractivity contribution is 6.34. The maximum atomic E-state index is 8.58. The quantitative estimate of drug-likeness (QED) is 0.315. The second-order valence-corrected chi connectivity index (χ2v) is 5.80. The predicted molar refractivity (Wildman–Crippen MR) is 94.8 cm³/mol. The van der Waals surface area contributed by atoms with E-state index in [0.717, 1.165) is 0 Å². The summed E-state index contributed by atoms with van der Waals surface area (Å²) in [5, 5.41) is 12.9. The number of nitrogens with zero attached hydrogens (tertiary/aromatic N) is 1. The van der Waals surface area contributed by atoms with Crippen molar-refractivity contribution in [3.63, 3.8) is 0 Å². The molecule has 0 spiro atoms. The van der Waals surface area contributed by atoms with Gasteiger partial charge in [0.1, 0.15) is 19.0 Å². The van der Waals surface area contributed by atoms with Crippen LogP contribution in [0.15, 0.2) is 35.5 Å². The van der Waals surface area contributed by atoms with Gasteiger partial charge < -0.3 is 19.4 Å². The zero-order chi connectivity index (χ0) is 17.5. The lowest BCUT2D eigenvalue weighted by Crippen LogP contribution is -2.10. The average Bonchev–Trinajstić information content (AvgIpc) is 2.56. The number of halogens is 3. The maximum absolute atomic E-state index is 8.58. The number of hydrogen-bond acceptors (Lipinski definition) is 5. The molecule has 0 fully saturated rings. The Balaban J connectivity index is 2.00. The fourth-order valence-electron chi connectivity index (χ4n) is 1.90. The zero-order valence-corrected chi connectivity index (χ0v) is 14.9. The molecule has 0 aliphatic carbocycles. The Labute approximate surface area is 154 Å². The fourth-order valence-corrected chi connectivity index (χ4v) is 2.51. The molecule has 0 aliphatic rings. The molecule has 0 aliphatic heterocycles. The van der Waals surface area contributed by atoms with Crippen LogP contribution in [0.5, 0.6) is 17.2 Å². The van der Waals surface area contributed by atoms with Gasteiger partial charge in [0.15, 0.2) is 11.5 Å². The number of hydrogen-bond donors (Lipinski definition) is 1. The minimum atomic E-state index is 0.215. The fraction of sp³-hybridized carbons (Fsp3) is 0.188. The summed E-state index contributed by atoms with van der Waals surface area (Å²) in [4.78, 5) is 0. The molecule has 2 aromatic carbocycles. The van der Waals surface area contributed by atoms with Crippen LogP contribution in [0.1, 0.15) is 5.56 Å². The lowest BCUT2D eigenvalue weighted by Gasteiger charge is -2.14. The highest BCUT2D eigenvalue weighted by atomic mass is 35.5. The number of oxime groups is 1. The van der Waals surface area contributed by atoms with Crippen LogP contribution < -0.4 is 14.2 Å². The summed E-state index contributed by atoms with van der Waals surface area (Å²) in [7, 11) is 1.49. The van der Waals surface area contributed by atoms with Crippen molar-refractivity contribution in [1.82, 2.24) is 0 Å². The van der Waals surface area contributed by atoms with E-state index in [1.165, 1.54) is 13.3 Å². The molecule has 0 radical (unpaired) electrons. The third-order valence-corrected chi connectivity index (χ3v) is 3.77. The van der Waals surface area contributed by atoms with Crippen LogP contribution in [0.25, 0.3) is 0 Å². The lowest BCUT2D eigenvalue weighted by molar-refractivity contribution is 0.211. The highest BCUT2D eigenvalue weighted by Crippen LogP contribution is 2.36. The van der Waals surface area contributed by atoms with Crippen molar-refractivity contribution in [2.24, 2.45) is 5.16 Å². The first-order valence-corrected chi connectivity index (χ1v) is 7.94. The summed E-state index contributed by atoms with van der Waals surface area (Å²) in [5.74, 6) is 1.26. The van der Waals surface area contributed by atoms with E-state index in [4.69, 9.17) is 54.2 Å². The molecule has 2 aromatic rings. The summed E-state index contributed by atoms with van der Waals surface area (Å²) in [6.07, 6.45) is 1.24. The van der Waals surface area contributed by atoms with Crippen molar-refractivity contribution in [3.05, 3.63) is 51.0 Å². The van der Waals surface area contributed by atoms with Gasteiger partial charge in [0, 0.05) is 16.7 Å². The number of rotatable bonds is 7. The molecule has 0 saturated heterocycles. The predicted octanol–water partition coefficient (Wildman–Crippen LogP) is 4.92. The molecule has 8 heteroatoms. The molecule has 128 valence electrons. The minimum Gasteiger partial charge on any atom is -0.493 e. The van der Waals surface area contributed by atoms with Crippen molar-refractivity contribution in [2.45, 2.75) is 0 Å². The van der Waals surface area contributed by atoms with Gasteiger partial charge in [-0.2, -0.15) is 0 Å². The van der Waals surface area contributed by atoms with Crippen molar-refractivity contribution in [1.29, 1.82) is 0 Å². The Morgan fingerprint density at radius 3 is 2.46 bits per heavy atom. The van der Waals surface area contributed by atoms with Gasteiger partial charge in [-0.25, -0.2) is 0 Å². The zero-order valence-electron chi connectivity index (χ0n) is 12.6. The smallest absolute Gasteiger partial charge is 0.179 e. The minimum absolute atomic E-state index is 0.215. The largest absolute Gasteiger partial charge is 0.493 e. The van der Waals surface area contributed by atoms with Crippen LogP contribution in [0.3, 0.4) is 0 Å². The van der Waals surface area contributed by atoms with Gasteiger partial charge >= 0.3 is 0 Å². The van der Waals surface area contributed by atoms with Crippen LogP contribution in [-0.2, 0) is 0 Å². The first kappa shape index (κ1) is 18.5. The molecule has 0 aromatic heterocycles. The Morgan fingerprint density at radius 2 is 1.75 bits per heavy atom. The number of methoxy groups -OCH3 is 1. The number of benzene rings is 2. The Hall–Kier alpha value is -1.82. The molecule has 0 heterocycles. The van der Waals surface area contributed by atoms with Gasteiger partial charge in [-0.05, 0) is 24.3 Å². The van der Waals surface area contributed by atoms with Gasteiger partial charge in [0.05, 0.1) is 23.4 Å². The molecular formula is C16H14Cl3NO4. The molecular weight excluding hydrogens is 377 g/mol. The number of ether oxygens (including phenoxy) is 3. The van der Waals surface area contributed by atoms with E-state index in [9.17, 15) is 0 Å². The Bertz CT molecular complexity index is 738. The Morgan fingerprint density at radius 1 is 1.00 bits per heavy atom. The first-order chi connectivity index (χ1) is 11.5. The van der Waals surface area contributed by atoms with E-state index in [0.29, 0.717) is 37.9 Å². The van der Waals surface area contributed by atoms with E-state index >= 15 is 0 Å². The third kappa shape index (κ3) is 4.84. The molecule has 2 rings (SSSR count). The van der Waals surface area contributed by atoms with Crippen molar-refractivity contribution in [2.75, 3.05) is 20.3 Å². The van der Waals surface area contributed by atoms with E-state index in [1.54, 1.807) is 30.3 Å². The third-order valence-electron chi connectivity index (χ3n) is 2.94. The van der Waals surface area contributed by atoms with Gasteiger partial charge in [0.25, 0.3) is 0 Å². The summed E-state index contributed by atoms with van der Waals surface area (Å²) >= 11 is 18.1. The topological polar surface area (TPSA) is 60.3 Å². The summed E-state index contributed by atoms with van der Waals surface area (Å²) in [6, 6.07) is 8.18. The average molecular weight is 391 g/mol. The van der Waals surface area contributed by atoms with Crippen molar-refractivity contribution >= 4 is 41.0 Å². The molecule has 0 atom stereocenters. The van der Waals surface area contributed by atoms with Crippen LogP contribution in [0, 0.1) is 0 Å². The monoisotopic (exact) mass is 389 g/mol. The summed E-state index contributed by atoms with van der Waals surface area (Å²) < 4.78 is 16.4. The highest BCUT2D eigenvalue weighted by Gasteiger charge is 2.12. The molecule has 0 amide bonds. The van der Waals surface area contributed by atoms with Crippen LogP contribution >= 0.6 is 34.8 Å². The SMILES string of the molecule is COc1cc(C=NO)cc(Cl)c1OCCOc1cc(Cl)ccc1Cl. The van der Waals surface area contributed by atoms with Gasteiger partial charge in [0.2, 0.25) is 0 Å². The summed E-state index contributed by atoms with van der Waals surface area (Å²) in [6.45, 7) is 0.450. The van der Waals surface area contributed by atoms with Gasteiger partial charge in [-0.1, -0.05) is 40.0 Å². The molecule has 0 unspecified atom stereocenters. The van der Waals surface area contributed by atoms with Crippen LogP contribution in [0.2, 0.25) is 15.1 Å². The van der Waals surface area contributed by atoms with Crippen molar-refractivity contribution in [3.8, 4) is 17.2 Å². The van der Waals surface area contributed by atoms with Crippen LogP contribution in [0.4, 0.5) is 0 Å². The normalized spacial score (nSPS) is 10.8. The molecule has 1 N–H and O–H groups in total. The van der Waals surface area contributed by atoms with Gasteiger partial charge in [-0.15, -0.1) is 0 Å². The van der Waals surface area contributed by atoms with Crippen LogP contribution in [-0.4, -0.2) is 31.7 Å². The maximum Gasteiger partial charge on any atom is 0.179 e. The second-order valence-electron chi connectivity index (χ2n) is 4.55. The Kier molecular flexibility index (Phi) is 6.85. The molecule has 0 saturated carbocycles. The van der Waals surface area contributed by atoms with E-state index in [2.05, 4.69) is 5.16 Å². The van der Waals surface area contributed by atoms with E-state index < -0.39 is 0 Å². The van der Waals surface area contributed by atoms with E-state index in [-0.39, 0.29) is 13.2 Å². The summed E-state index contributed by atoms with van der Waals surface area (Å²) in [5.41, 5.74) is 0.577. The second kappa shape index (κ2) is 8.87. The molecule has 24 heavy (non-hydrogen) atoms. The van der Waals surface area contributed by atoms with Gasteiger partial charge in [-0.3, -0.25) is 0 Å². The molecule has 5 nitrogen and oxygen atoms in total. The standard InChI is InChI=1S/C16H14Cl3NO4/c1-22-15-7-10(9-20-21)6-13(19)16(15)24-5-4-23-14-8-11(17)2-3-12(14)18/h2-3,6-9,21H,4-5H2,1H3. The van der Waals surface area contributed by atoms with E-state index in [1.807, 2.05) is 0 Å². The molecule has 0 bridgehead atoms. The van der Waals surface area contributed by atoms with Crippen molar-refractivity contribution < 1.29 is 19.4 Å².